The van der Waals surface area contributed by atoms with E-state index in [9.17, 15) is 9.90 Å². The number of aliphatic hydroxyl groups is 1. The summed E-state index contributed by atoms with van der Waals surface area (Å²) >= 11 is 0. The second-order valence-corrected chi connectivity index (χ2v) is 4.48. The van der Waals surface area contributed by atoms with E-state index in [1.165, 1.54) is 0 Å². The lowest BCUT2D eigenvalue weighted by Crippen LogP contribution is -2.44. The second kappa shape index (κ2) is 6.08. The summed E-state index contributed by atoms with van der Waals surface area (Å²) < 4.78 is 0. The summed E-state index contributed by atoms with van der Waals surface area (Å²) in [6.07, 6.45) is 5.38. The summed E-state index contributed by atoms with van der Waals surface area (Å²) in [5.74, 6) is -0.356. The van der Waals surface area contributed by atoms with Gasteiger partial charge in [-0.2, -0.15) is 0 Å². The highest BCUT2D eigenvalue weighted by molar-refractivity contribution is 5.66. The predicted octanol–water partition coefficient (Wildman–Crippen LogP) is 1.12. The molecule has 3 unspecified atom stereocenters. The van der Waals surface area contributed by atoms with E-state index in [4.69, 9.17) is 10.8 Å². The minimum atomic E-state index is -0.733. The molecular weight excluding hydrogens is 194 g/mol. The van der Waals surface area contributed by atoms with E-state index >= 15 is 0 Å². The molecule has 0 aliphatic heterocycles. The van der Waals surface area contributed by atoms with Crippen molar-refractivity contribution in [3.05, 3.63) is 0 Å². The maximum Gasteiger partial charge on any atom is 0.303 e. The lowest BCUT2D eigenvalue weighted by Gasteiger charge is -2.32. The number of unbranched alkanes of at least 4 members (excludes halogenated alkanes) is 1. The largest absolute Gasteiger partial charge is 0.481 e. The zero-order valence-corrected chi connectivity index (χ0v) is 9.06. The average Bonchev–Trinajstić information content (AvgIpc) is 2.18. The van der Waals surface area contributed by atoms with Crippen LogP contribution >= 0.6 is 0 Å². The molecule has 0 aromatic carbocycles. The quantitative estimate of drug-likeness (QED) is 0.600. The van der Waals surface area contributed by atoms with Gasteiger partial charge in [-0.05, 0) is 31.6 Å². The van der Waals surface area contributed by atoms with Crippen molar-refractivity contribution < 1.29 is 15.0 Å². The third-order valence-electron chi connectivity index (χ3n) is 3.28. The molecule has 0 amide bonds. The molecule has 0 spiro atoms. The van der Waals surface area contributed by atoms with E-state index in [2.05, 4.69) is 0 Å². The number of aliphatic carboxylic acids is 1. The minimum absolute atomic E-state index is 0.108. The zero-order chi connectivity index (χ0) is 11.3. The van der Waals surface area contributed by atoms with Crippen molar-refractivity contribution in [2.45, 2.75) is 57.1 Å². The monoisotopic (exact) mass is 215 g/mol. The Morgan fingerprint density at radius 2 is 2.07 bits per heavy atom. The summed E-state index contributed by atoms with van der Waals surface area (Å²) in [5.41, 5.74) is 5.90. The number of carboxylic acids is 1. The first kappa shape index (κ1) is 12.5. The number of nitrogens with two attached hydrogens (primary N) is 1. The van der Waals surface area contributed by atoms with E-state index in [0.29, 0.717) is 12.3 Å². The number of carbonyl (C=O) groups is 1. The van der Waals surface area contributed by atoms with Crippen LogP contribution in [-0.2, 0) is 4.79 Å². The van der Waals surface area contributed by atoms with Gasteiger partial charge in [-0.3, -0.25) is 4.79 Å². The molecule has 1 aliphatic rings. The van der Waals surface area contributed by atoms with E-state index < -0.39 is 5.97 Å². The normalized spacial score (nSPS) is 31.5. The van der Waals surface area contributed by atoms with Crippen LogP contribution in [0, 0.1) is 5.92 Å². The van der Waals surface area contributed by atoms with Gasteiger partial charge in [-0.1, -0.05) is 12.8 Å². The Balaban J connectivity index is 2.17. The standard InChI is InChI=1S/C11H21NO3/c12-11-8(5-3-6-9(11)13)4-1-2-7-10(14)15/h8-9,11,13H,1-7,12H2,(H,14,15). The van der Waals surface area contributed by atoms with E-state index in [1.807, 2.05) is 0 Å². The summed E-state index contributed by atoms with van der Waals surface area (Å²) in [7, 11) is 0. The highest BCUT2D eigenvalue weighted by atomic mass is 16.4. The number of aliphatic hydroxyl groups excluding tert-OH is 1. The topological polar surface area (TPSA) is 83.5 Å². The first-order valence-electron chi connectivity index (χ1n) is 5.76. The van der Waals surface area contributed by atoms with Gasteiger partial charge in [-0.25, -0.2) is 0 Å². The van der Waals surface area contributed by atoms with E-state index in [1.54, 1.807) is 0 Å². The fraction of sp³-hybridized carbons (Fsp3) is 0.909. The summed E-state index contributed by atoms with van der Waals surface area (Å²) in [6, 6.07) is -0.108. The van der Waals surface area contributed by atoms with Gasteiger partial charge in [-0.15, -0.1) is 0 Å². The lowest BCUT2D eigenvalue weighted by atomic mass is 9.80. The number of rotatable bonds is 5. The van der Waals surface area contributed by atoms with Crippen LogP contribution in [0.5, 0.6) is 0 Å². The van der Waals surface area contributed by atoms with Crippen molar-refractivity contribution in [2.75, 3.05) is 0 Å². The van der Waals surface area contributed by atoms with Gasteiger partial charge in [0.15, 0.2) is 0 Å². The van der Waals surface area contributed by atoms with Crippen molar-refractivity contribution >= 4 is 5.97 Å². The van der Waals surface area contributed by atoms with Crippen molar-refractivity contribution in [3.63, 3.8) is 0 Å². The lowest BCUT2D eigenvalue weighted by molar-refractivity contribution is -0.137. The summed E-state index contributed by atoms with van der Waals surface area (Å²) in [4.78, 5) is 10.3. The zero-order valence-electron chi connectivity index (χ0n) is 9.06. The SMILES string of the molecule is NC1C(O)CCCC1CCCCC(=O)O. The molecule has 0 radical (unpaired) electrons. The maximum atomic E-state index is 10.3. The smallest absolute Gasteiger partial charge is 0.303 e. The summed E-state index contributed by atoms with van der Waals surface area (Å²) in [6.45, 7) is 0. The number of hydrogen-bond donors (Lipinski definition) is 3. The Labute approximate surface area is 90.5 Å². The Hall–Kier alpha value is -0.610. The molecular formula is C11H21NO3. The van der Waals surface area contributed by atoms with Crippen molar-refractivity contribution in [1.29, 1.82) is 0 Å². The fourth-order valence-corrected chi connectivity index (χ4v) is 2.31. The molecule has 0 aromatic heterocycles. The van der Waals surface area contributed by atoms with Crippen molar-refractivity contribution in [3.8, 4) is 0 Å². The highest BCUT2D eigenvalue weighted by Gasteiger charge is 2.28. The van der Waals surface area contributed by atoms with Gasteiger partial charge >= 0.3 is 5.97 Å². The molecule has 3 atom stereocenters. The molecule has 0 aromatic rings. The van der Waals surface area contributed by atoms with Gasteiger partial charge in [0.1, 0.15) is 0 Å². The molecule has 0 saturated heterocycles. The molecule has 0 heterocycles. The molecule has 1 saturated carbocycles. The van der Waals surface area contributed by atoms with Crippen LogP contribution in [0.2, 0.25) is 0 Å². The second-order valence-electron chi connectivity index (χ2n) is 4.48. The van der Waals surface area contributed by atoms with Crippen LogP contribution in [0.3, 0.4) is 0 Å². The molecule has 4 heteroatoms. The first-order chi connectivity index (χ1) is 7.11. The third kappa shape index (κ3) is 4.18. The predicted molar refractivity (Wildman–Crippen MR) is 57.4 cm³/mol. The minimum Gasteiger partial charge on any atom is -0.481 e. The van der Waals surface area contributed by atoms with Crippen molar-refractivity contribution in [1.82, 2.24) is 0 Å². The molecule has 1 fully saturated rings. The van der Waals surface area contributed by atoms with E-state index in [-0.39, 0.29) is 18.6 Å². The van der Waals surface area contributed by atoms with Crippen LogP contribution < -0.4 is 5.73 Å². The molecule has 4 nitrogen and oxygen atoms in total. The summed E-state index contributed by atoms with van der Waals surface area (Å²) in [5, 5.41) is 18.1. The molecule has 4 N–H and O–H groups in total. The molecule has 1 aliphatic carbocycles. The fourth-order valence-electron chi connectivity index (χ4n) is 2.31. The molecule has 1 rings (SSSR count). The van der Waals surface area contributed by atoms with Crippen LogP contribution in [0.1, 0.15) is 44.9 Å². The van der Waals surface area contributed by atoms with Gasteiger partial charge < -0.3 is 15.9 Å². The number of carboxylic acid groups (broad SMARTS) is 1. The Morgan fingerprint density at radius 3 is 2.73 bits per heavy atom. The van der Waals surface area contributed by atoms with Crippen LogP contribution in [-0.4, -0.2) is 28.3 Å². The van der Waals surface area contributed by atoms with Crippen LogP contribution in [0.15, 0.2) is 0 Å². The van der Waals surface area contributed by atoms with Crippen LogP contribution in [0.4, 0.5) is 0 Å². The maximum absolute atomic E-state index is 10.3. The van der Waals surface area contributed by atoms with Gasteiger partial charge in [0.25, 0.3) is 0 Å². The molecule has 15 heavy (non-hydrogen) atoms. The third-order valence-corrected chi connectivity index (χ3v) is 3.28. The van der Waals surface area contributed by atoms with Gasteiger partial charge in [0.2, 0.25) is 0 Å². The van der Waals surface area contributed by atoms with Crippen LogP contribution in [0.25, 0.3) is 0 Å². The van der Waals surface area contributed by atoms with E-state index in [0.717, 1.165) is 32.1 Å². The Bertz CT molecular complexity index is 208. The highest BCUT2D eigenvalue weighted by Crippen LogP contribution is 2.27. The number of hydrogen-bond acceptors (Lipinski definition) is 3. The van der Waals surface area contributed by atoms with Gasteiger partial charge in [0, 0.05) is 12.5 Å². The molecule has 0 bridgehead atoms. The first-order valence-corrected chi connectivity index (χ1v) is 5.76. The molecule has 88 valence electrons. The Kier molecular flexibility index (Phi) is 5.05. The van der Waals surface area contributed by atoms with Gasteiger partial charge in [0.05, 0.1) is 6.10 Å². The van der Waals surface area contributed by atoms with Crippen molar-refractivity contribution in [2.24, 2.45) is 11.7 Å². The Morgan fingerprint density at radius 1 is 1.33 bits per heavy atom. The average molecular weight is 215 g/mol.